The third-order valence-corrected chi connectivity index (χ3v) is 4.62. The maximum atomic E-state index is 12.2. The third kappa shape index (κ3) is 6.30. The highest BCUT2D eigenvalue weighted by molar-refractivity contribution is 5.91. The Morgan fingerprint density at radius 2 is 1.92 bits per heavy atom. The zero-order chi connectivity index (χ0) is 18.3. The van der Waals surface area contributed by atoms with Crippen LogP contribution in [0.3, 0.4) is 0 Å². The first-order chi connectivity index (χ1) is 11.9. The van der Waals surface area contributed by atoms with Crippen LogP contribution >= 0.6 is 0 Å². The number of ether oxygens (including phenoxy) is 2. The predicted octanol–water partition coefficient (Wildman–Crippen LogP) is 2.11. The summed E-state index contributed by atoms with van der Waals surface area (Å²) in [4.78, 5) is 14.6. The van der Waals surface area contributed by atoms with Crippen LogP contribution in [0.1, 0.15) is 27.2 Å². The van der Waals surface area contributed by atoms with Crippen molar-refractivity contribution in [2.75, 3.05) is 45.3 Å². The standard InChI is InChI=1S/C19H31N3O3/c1-15(20-14-19(2,3)22-9-11-25-12-10-22)13-18(23)21-16-5-7-17(24-4)8-6-16/h5-8,15,20H,9-14H2,1-4H3,(H,21,23). The molecule has 1 aromatic rings. The lowest BCUT2D eigenvalue weighted by Crippen LogP contribution is -2.55. The lowest BCUT2D eigenvalue weighted by Gasteiger charge is -2.41. The molecule has 0 bridgehead atoms. The van der Waals surface area contributed by atoms with Crippen molar-refractivity contribution in [3.63, 3.8) is 0 Å². The van der Waals surface area contributed by atoms with Gasteiger partial charge in [0.15, 0.2) is 0 Å². The summed E-state index contributed by atoms with van der Waals surface area (Å²) in [5, 5.41) is 6.42. The van der Waals surface area contributed by atoms with E-state index in [9.17, 15) is 4.79 Å². The van der Waals surface area contributed by atoms with E-state index in [1.165, 1.54) is 0 Å². The molecular formula is C19H31N3O3. The third-order valence-electron chi connectivity index (χ3n) is 4.62. The lowest BCUT2D eigenvalue weighted by molar-refractivity contribution is -0.116. The van der Waals surface area contributed by atoms with Crippen molar-refractivity contribution < 1.29 is 14.3 Å². The second-order valence-electron chi connectivity index (χ2n) is 7.17. The van der Waals surface area contributed by atoms with Gasteiger partial charge in [0.1, 0.15) is 5.75 Å². The topological polar surface area (TPSA) is 62.8 Å². The molecule has 1 atom stereocenters. The van der Waals surface area contributed by atoms with Gasteiger partial charge >= 0.3 is 0 Å². The molecule has 1 amide bonds. The Morgan fingerprint density at radius 3 is 2.52 bits per heavy atom. The van der Waals surface area contributed by atoms with Gasteiger partial charge in [-0.25, -0.2) is 0 Å². The van der Waals surface area contributed by atoms with Crippen LogP contribution in [0.4, 0.5) is 5.69 Å². The van der Waals surface area contributed by atoms with E-state index in [1.54, 1.807) is 7.11 Å². The fourth-order valence-corrected chi connectivity index (χ4v) is 2.94. The van der Waals surface area contributed by atoms with Crippen LogP contribution in [-0.2, 0) is 9.53 Å². The number of hydrogen-bond acceptors (Lipinski definition) is 5. The number of nitrogens with one attached hydrogen (secondary N) is 2. The summed E-state index contributed by atoms with van der Waals surface area (Å²) in [6.45, 7) is 10.9. The van der Waals surface area contributed by atoms with Crippen molar-refractivity contribution in [1.29, 1.82) is 0 Å². The SMILES string of the molecule is COc1ccc(NC(=O)CC(C)NCC(C)(C)N2CCOCC2)cc1. The second kappa shape index (κ2) is 9.17. The summed E-state index contributed by atoms with van der Waals surface area (Å²) < 4.78 is 10.5. The van der Waals surface area contributed by atoms with Crippen molar-refractivity contribution in [2.45, 2.75) is 38.8 Å². The highest BCUT2D eigenvalue weighted by Gasteiger charge is 2.28. The van der Waals surface area contributed by atoms with Crippen molar-refractivity contribution in [3.05, 3.63) is 24.3 Å². The Morgan fingerprint density at radius 1 is 1.28 bits per heavy atom. The summed E-state index contributed by atoms with van der Waals surface area (Å²) >= 11 is 0. The normalized spacial score (nSPS) is 17.1. The average molecular weight is 349 g/mol. The van der Waals surface area contributed by atoms with Gasteiger partial charge in [0.2, 0.25) is 5.91 Å². The van der Waals surface area contributed by atoms with Crippen LogP contribution < -0.4 is 15.4 Å². The molecule has 140 valence electrons. The maximum absolute atomic E-state index is 12.2. The van der Waals surface area contributed by atoms with Gasteiger partial charge in [-0.05, 0) is 45.0 Å². The minimum atomic E-state index is 0.00865. The summed E-state index contributed by atoms with van der Waals surface area (Å²) in [7, 11) is 1.62. The molecular weight excluding hydrogens is 318 g/mol. The fraction of sp³-hybridized carbons (Fsp3) is 0.632. The Balaban J connectivity index is 1.74. The van der Waals surface area contributed by atoms with E-state index >= 15 is 0 Å². The molecule has 1 aliphatic heterocycles. The van der Waals surface area contributed by atoms with Crippen molar-refractivity contribution in [2.24, 2.45) is 0 Å². The highest BCUT2D eigenvalue weighted by atomic mass is 16.5. The molecule has 0 saturated carbocycles. The fourth-order valence-electron chi connectivity index (χ4n) is 2.94. The van der Waals surface area contributed by atoms with Gasteiger partial charge in [-0.3, -0.25) is 9.69 Å². The minimum absolute atomic E-state index is 0.00865. The number of rotatable bonds is 8. The molecule has 1 unspecified atom stereocenters. The highest BCUT2D eigenvalue weighted by Crippen LogP contribution is 2.17. The summed E-state index contributed by atoms with van der Waals surface area (Å²) in [6, 6.07) is 7.47. The first-order valence-electron chi connectivity index (χ1n) is 8.91. The molecule has 1 saturated heterocycles. The minimum Gasteiger partial charge on any atom is -0.497 e. The number of nitrogens with zero attached hydrogens (tertiary/aromatic N) is 1. The molecule has 1 heterocycles. The number of morpholine rings is 1. The van der Waals surface area contributed by atoms with Crippen LogP contribution in [0.2, 0.25) is 0 Å². The van der Waals surface area contributed by atoms with Crippen LogP contribution in [0.15, 0.2) is 24.3 Å². The van der Waals surface area contributed by atoms with E-state index in [0.717, 1.165) is 44.3 Å². The van der Waals surface area contributed by atoms with E-state index < -0.39 is 0 Å². The van der Waals surface area contributed by atoms with Crippen molar-refractivity contribution in [1.82, 2.24) is 10.2 Å². The summed E-state index contributed by atoms with van der Waals surface area (Å²) in [6.07, 6.45) is 0.436. The van der Waals surface area contributed by atoms with E-state index in [0.29, 0.717) is 6.42 Å². The zero-order valence-electron chi connectivity index (χ0n) is 15.8. The van der Waals surface area contributed by atoms with Gasteiger partial charge in [0.25, 0.3) is 0 Å². The van der Waals surface area contributed by atoms with Crippen molar-refractivity contribution >= 4 is 11.6 Å². The summed E-state index contributed by atoms with van der Waals surface area (Å²) in [5.74, 6) is 0.785. The van der Waals surface area contributed by atoms with Crippen LogP contribution in [-0.4, -0.2) is 62.3 Å². The Labute approximate surface area is 150 Å². The first kappa shape index (κ1) is 19.7. The van der Waals surface area contributed by atoms with E-state index in [1.807, 2.05) is 31.2 Å². The molecule has 25 heavy (non-hydrogen) atoms. The molecule has 0 aliphatic carbocycles. The molecule has 2 N–H and O–H groups in total. The number of anilines is 1. The van der Waals surface area contributed by atoms with Gasteiger partial charge in [-0.1, -0.05) is 0 Å². The quantitative estimate of drug-likeness (QED) is 0.753. The molecule has 0 spiro atoms. The molecule has 1 aliphatic rings. The van der Waals surface area contributed by atoms with Gasteiger partial charge in [0, 0.05) is 43.3 Å². The molecule has 0 aromatic heterocycles. The Kier molecular flexibility index (Phi) is 7.23. The Hall–Kier alpha value is -1.63. The smallest absolute Gasteiger partial charge is 0.225 e. The number of amides is 1. The van der Waals surface area contributed by atoms with Crippen LogP contribution in [0.5, 0.6) is 5.75 Å². The molecule has 6 nitrogen and oxygen atoms in total. The van der Waals surface area contributed by atoms with E-state index in [2.05, 4.69) is 29.4 Å². The number of carbonyl (C=O) groups excluding carboxylic acids is 1. The van der Waals surface area contributed by atoms with Gasteiger partial charge < -0.3 is 20.1 Å². The second-order valence-corrected chi connectivity index (χ2v) is 7.17. The molecule has 1 fully saturated rings. The van der Waals surface area contributed by atoms with Gasteiger partial charge in [0.05, 0.1) is 20.3 Å². The van der Waals surface area contributed by atoms with Gasteiger partial charge in [-0.2, -0.15) is 0 Å². The summed E-state index contributed by atoms with van der Waals surface area (Å²) in [5.41, 5.74) is 0.830. The number of benzene rings is 1. The largest absolute Gasteiger partial charge is 0.497 e. The molecule has 1 aromatic carbocycles. The molecule has 0 radical (unpaired) electrons. The van der Waals surface area contributed by atoms with Crippen molar-refractivity contribution in [3.8, 4) is 5.75 Å². The number of hydrogen-bond donors (Lipinski definition) is 2. The lowest BCUT2D eigenvalue weighted by atomic mass is 10.0. The number of methoxy groups -OCH3 is 1. The van der Waals surface area contributed by atoms with Gasteiger partial charge in [-0.15, -0.1) is 0 Å². The van der Waals surface area contributed by atoms with Crippen LogP contribution in [0, 0.1) is 0 Å². The number of carbonyl (C=O) groups is 1. The molecule has 2 rings (SSSR count). The van der Waals surface area contributed by atoms with E-state index in [4.69, 9.17) is 9.47 Å². The molecule has 6 heteroatoms. The van der Waals surface area contributed by atoms with E-state index in [-0.39, 0.29) is 17.5 Å². The zero-order valence-corrected chi connectivity index (χ0v) is 15.8. The maximum Gasteiger partial charge on any atom is 0.225 e. The monoisotopic (exact) mass is 349 g/mol. The predicted molar refractivity (Wildman–Crippen MR) is 100 cm³/mol. The average Bonchev–Trinajstić information content (AvgIpc) is 2.61. The first-order valence-corrected chi connectivity index (χ1v) is 8.91. The Bertz CT molecular complexity index is 539. The van der Waals surface area contributed by atoms with Crippen LogP contribution in [0.25, 0.3) is 0 Å².